The Morgan fingerprint density at radius 3 is 2.78 bits per heavy atom. The summed E-state index contributed by atoms with van der Waals surface area (Å²) in [5.74, 6) is 1.84. The number of hydrogen-bond donors (Lipinski definition) is 0. The van der Waals surface area contributed by atoms with Crippen molar-refractivity contribution in [1.82, 2.24) is 19.2 Å². The molecule has 27 heavy (non-hydrogen) atoms. The van der Waals surface area contributed by atoms with E-state index >= 15 is 0 Å². The Labute approximate surface area is 156 Å². The topological polar surface area (TPSA) is 65.3 Å². The van der Waals surface area contributed by atoms with Gasteiger partial charge in [-0.25, -0.2) is 9.50 Å². The lowest BCUT2D eigenvalue weighted by atomic mass is 10.1. The molecule has 0 bridgehead atoms. The van der Waals surface area contributed by atoms with E-state index < -0.39 is 0 Å². The number of aromatic nitrogens is 4. The van der Waals surface area contributed by atoms with Gasteiger partial charge in [-0.3, -0.25) is 4.79 Å². The van der Waals surface area contributed by atoms with Crippen molar-refractivity contribution in [3.8, 4) is 11.5 Å². The third-order valence-electron chi connectivity index (χ3n) is 5.21. The summed E-state index contributed by atoms with van der Waals surface area (Å²) in [6, 6.07) is 9.91. The zero-order chi connectivity index (χ0) is 18.5. The molecule has 0 radical (unpaired) electrons. The predicted molar refractivity (Wildman–Crippen MR) is 102 cm³/mol. The van der Waals surface area contributed by atoms with E-state index in [0.29, 0.717) is 23.9 Å². The van der Waals surface area contributed by atoms with Gasteiger partial charge in [0.2, 0.25) is 5.89 Å². The number of rotatable bonds is 4. The van der Waals surface area contributed by atoms with Crippen molar-refractivity contribution in [3.63, 3.8) is 0 Å². The lowest BCUT2D eigenvalue weighted by molar-refractivity contribution is 0.537. The fourth-order valence-corrected chi connectivity index (χ4v) is 3.41. The number of hydrogen-bond acceptors (Lipinski definition) is 4. The molecule has 5 rings (SSSR count). The second-order valence-corrected chi connectivity index (χ2v) is 7.24. The Morgan fingerprint density at radius 2 is 2.00 bits per heavy atom. The molecule has 4 aromatic rings. The largest absolute Gasteiger partial charge is 0.441 e. The van der Waals surface area contributed by atoms with Crippen LogP contribution in [0.5, 0.6) is 0 Å². The Hall–Kier alpha value is -3.15. The predicted octanol–water partition coefficient (Wildman–Crippen LogP) is 3.69. The van der Waals surface area contributed by atoms with Crippen molar-refractivity contribution in [2.45, 2.75) is 39.2 Å². The molecule has 3 heterocycles. The molecule has 0 amide bonds. The van der Waals surface area contributed by atoms with Crippen LogP contribution in [0.3, 0.4) is 0 Å². The number of nitrogens with zero attached hydrogens (tertiary/aromatic N) is 4. The van der Waals surface area contributed by atoms with Crippen molar-refractivity contribution in [2.75, 3.05) is 0 Å². The molecular weight excluding hydrogens is 340 g/mol. The SMILES string of the molecule is Cc1ccccc1-c1nc(Cn2ccn3nc(C4CC4)cc3c2=O)c(C)o1. The van der Waals surface area contributed by atoms with Gasteiger partial charge in [0.25, 0.3) is 5.56 Å². The zero-order valence-corrected chi connectivity index (χ0v) is 15.3. The van der Waals surface area contributed by atoms with Crippen molar-refractivity contribution in [2.24, 2.45) is 0 Å². The van der Waals surface area contributed by atoms with Crippen molar-refractivity contribution in [1.29, 1.82) is 0 Å². The van der Waals surface area contributed by atoms with Gasteiger partial charge in [-0.2, -0.15) is 5.10 Å². The molecular formula is C21H20N4O2. The summed E-state index contributed by atoms with van der Waals surface area (Å²) >= 11 is 0. The van der Waals surface area contributed by atoms with Crippen molar-refractivity contribution >= 4 is 5.52 Å². The van der Waals surface area contributed by atoms with Crippen LogP contribution in [0, 0.1) is 13.8 Å². The van der Waals surface area contributed by atoms with Crippen LogP contribution in [0.1, 0.15) is 41.5 Å². The van der Waals surface area contributed by atoms with E-state index in [0.717, 1.165) is 41.1 Å². The average molecular weight is 360 g/mol. The van der Waals surface area contributed by atoms with Crippen molar-refractivity contribution < 1.29 is 4.42 Å². The Morgan fingerprint density at radius 1 is 1.19 bits per heavy atom. The van der Waals surface area contributed by atoms with Gasteiger partial charge in [0.1, 0.15) is 17.0 Å². The van der Waals surface area contributed by atoms with Gasteiger partial charge in [-0.15, -0.1) is 0 Å². The third kappa shape index (κ3) is 2.77. The average Bonchev–Trinajstić information content (AvgIpc) is 3.32. The number of oxazole rings is 1. The van der Waals surface area contributed by atoms with Crippen molar-refractivity contribution in [3.05, 3.63) is 75.8 Å². The summed E-state index contributed by atoms with van der Waals surface area (Å²) in [5.41, 5.74) is 4.41. The first-order valence-corrected chi connectivity index (χ1v) is 9.21. The van der Waals surface area contributed by atoms with Gasteiger partial charge in [-0.05, 0) is 44.4 Å². The first kappa shape index (κ1) is 16.1. The van der Waals surface area contributed by atoms with E-state index in [1.165, 1.54) is 0 Å². The third-order valence-corrected chi connectivity index (χ3v) is 5.21. The molecule has 0 saturated heterocycles. The number of fused-ring (bicyclic) bond motifs is 1. The summed E-state index contributed by atoms with van der Waals surface area (Å²) in [6.45, 7) is 4.29. The summed E-state index contributed by atoms with van der Waals surface area (Å²) in [5, 5.41) is 4.52. The molecule has 6 nitrogen and oxygen atoms in total. The molecule has 3 aromatic heterocycles. The molecule has 1 aliphatic carbocycles. The van der Waals surface area contributed by atoms with Gasteiger partial charge in [0, 0.05) is 23.9 Å². The first-order chi connectivity index (χ1) is 13.1. The molecule has 1 aromatic carbocycles. The highest BCUT2D eigenvalue weighted by molar-refractivity contribution is 5.58. The smallest absolute Gasteiger partial charge is 0.276 e. The molecule has 6 heteroatoms. The molecule has 1 fully saturated rings. The van der Waals surface area contributed by atoms with Crippen LogP contribution < -0.4 is 5.56 Å². The van der Waals surface area contributed by atoms with Crippen LogP contribution in [-0.4, -0.2) is 19.2 Å². The van der Waals surface area contributed by atoms with E-state index in [1.807, 2.05) is 50.4 Å². The second kappa shape index (κ2) is 5.94. The lowest BCUT2D eigenvalue weighted by Crippen LogP contribution is -2.22. The normalized spacial score (nSPS) is 14.1. The maximum absolute atomic E-state index is 12.9. The van der Waals surface area contributed by atoms with Crippen LogP contribution >= 0.6 is 0 Å². The van der Waals surface area contributed by atoms with Gasteiger partial charge in [-0.1, -0.05) is 18.2 Å². The standard InChI is InChI=1S/C21H20N4O2/c1-13-5-3-4-6-16(13)20-22-18(14(2)27-20)12-24-9-10-25-19(21(24)26)11-17(23-25)15-7-8-15/h3-6,9-11,15H,7-8,12H2,1-2H3. The quantitative estimate of drug-likeness (QED) is 0.557. The highest BCUT2D eigenvalue weighted by atomic mass is 16.4. The van der Waals surface area contributed by atoms with Crippen LogP contribution in [0.15, 0.2) is 51.9 Å². The number of benzene rings is 1. The summed E-state index contributed by atoms with van der Waals surface area (Å²) < 4.78 is 9.23. The van der Waals surface area contributed by atoms with E-state index in [1.54, 1.807) is 15.3 Å². The zero-order valence-electron chi connectivity index (χ0n) is 15.3. The molecule has 0 aliphatic heterocycles. The second-order valence-electron chi connectivity index (χ2n) is 7.24. The first-order valence-electron chi connectivity index (χ1n) is 9.21. The minimum absolute atomic E-state index is 0.0586. The van der Waals surface area contributed by atoms with Crippen LogP contribution in [0.2, 0.25) is 0 Å². The minimum atomic E-state index is -0.0586. The van der Waals surface area contributed by atoms with E-state index in [-0.39, 0.29) is 5.56 Å². The summed E-state index contributed by atoms with van der Waals surface area (Å²) in [4.78, 5) is 17.5. The van der Waals surface area contributed by atoms with Crippen LogP contribution in [-0.2, 0) is 6.54 Å². The van der Waals surface area contributed by atoms with E-state index in [9.17, 15) is 4.79 Å². The summed E-state index contributed by atoms with van der Waals surface area (Å²) in [7, 11) is 0. The van der Waals surface area contributed by atoms with Gasteiger partial charge in [0.15, 0.2) is 0 Å². The van der Waals surface area contributed by atoms with Crippen LogP contribution in [0.25, 0.3) is 17.0 Å². The lowest BCUT2D eigenvalue weighted by Gasteiger charge is -2.04. The maximum Gasteiger partial charge on any atom is 0.276 e. The fourth-order valence-electron chi connectivity index (χ4n) is 3.41. The number of aryl methyl sites for hydroxylation is 2. The monoisotopic (exact) mass is 360 g/mol. The summed E-state index contributed by atoms with van der Waals surface area (Å²) in [6.07, 6.45) is 5.93. The van der Waals surface area contributed by atoms with Crippen LogP contribution in [0.4, 0.5) is 0 Å². The Kier molecular flexibility index (Phi) is 3.53. The Bertz CT molecular complexity index is 1210. The fraction of sp³-hybridized carbons (Fsp3) is 0.286. The van der Waals surface area contributed by atoms with Gasteiger partial charge >= 0.3 is 0 Å². The van der Waals surface area contributed by atoms with Gasteiger partial charge < -0.3 is 8.98 Å². The Balaban J connectivity index is 1.51. The van der Waals surface area contributed by atoms with E-state index in [4.69, 9.17) is 4.42 Å². The highest BCUT2D eigenvalue weighted by Crippen LogP contribution is 2.39. The molecule has 0 atom stereocenters. The molecule has 0 N–H and O–H groups in total. The van der Waals surface area contributed by atoms with E-state index in [2.05, 4.69) is 10.1 Å². The minimum Gasteiger partial charge on any atom is -0.441 e. The molecule has 0 unspecified atom stereocenters. The maximum atomic E-state index is 12.9. The highest BCUT2D eigenvalue weighted by Gasteiger charge is 2.27. The molecule has 1 aliphatic rings. The van der Waals surface area contributed by atoms with Gasteiger partial charge in [0.05, 0.1) is 12.2 Å². The molecule has 1 saturated carbocycles. The molecule has 0 spiro atoms. The molecule has 136 valence electrons.